The summed E-state index contributed by atoms with van der Waals surface area (Å²) in [6.45, 7) is 9.48. The molecular formula is C35H42FNO2Si. The highest BCUT2D eigenvalue weighted by Gasteiger charge is 2.52. The average molecular weight is 556 g/mol. The number of nitrogens with zero attached hydrogens (tertiary/aromatic N) is 1. The Morgan fingerprint density at radius 3 is 1.93 bits per heavy atom. The molecule has 0 radical (unpaired) electrons. The molecule has 4 aromatic rings. The zero-order chi connectivity index (χ0) is 28.4. The van der Waals surface area contributed by atoms with Gasteiger partial charge in [0, 0.05) is 11.6 Å². The Bertz CT molecular complexity index is 1300. The van der Waals surface area contributed by atoms with Gasteiger partial charge in [-0.1, -0.05) is 133 Å². The van der Waals surface area contributed by atoms with Gasteiger partial charge in [0.15, 0.2) is 5.82 Å². The van der Waals surface area contributed by atoms with Gasteiger partial charge in [0.1, 0.15) is 17.2 Å². The second-order valence-electron chi connectivity index (χ2n) is 11.4. The molecule has 5 heteroatoms. The van der Waals surface area contributed by atoms with E-state index >= 15 is 4.39 Å². The molecule has 210 valence electrons. The SMILES string of the molecule is CCCCCCCCOc1cnc(-c2ccccc2O[Si](c2ccccc2)(c2ccccc2)C(C)(C)C)c(F)c1. The van der Waals surface area contributed by atoms with E-state index in [2.05, 4.69) is 81.2 Å². The van der Waals surface area contributed by atoms with Crippen molar-refractivity contribution in [3.05, 3.63) is 103 Å². The van der Waals surface area contributed by atoms with Crippen LogP contribution in [0, 0.1) is 5.82 Å². The number of aromatic nitrogens is 1. The zero-order valence-electron chi connectivity index (χ0n) is 24.3. The number of benzene rings is 3. The molecule has 0 saturated heterocycles. The number of hydrogen-bond donors (Lipinski definition) is 0. The maximum atomic E-state index is 15.6. The monoisotopic (exact) mass is 555 g/mol. The highest BCUT2D eigenvalue weighted by molar-refractivity contribution is 7.00. The fraction of sp³-hybridized carbons (Fsp3) is 0.343. The van der Waals surface area contributed by atoms with E-state index in [9.17, 15) is 0 Å². The van der Waals surface area contributed by atoms with Crippen molar-refractivity contribution in [2.24, 2.45) is 0 Å². The molecule has 0 aliphatic carbocycles. The van der Waals surface area contributed by atoms with E-state index in [1.165, 1.54) is 31.7 Å². The predicted molar refractivity (Wildman–Crippen MR) is 167 cm³/mol. The highest BCUT2D eigenvalue weighted by Crippen LogP contribution is 2.40. The van der Waals surface area contributed by atoms with E-state index < -0.39 is 14.1 Å². The lowest BCUT2D eigenvalue weighted by atomic mass is 10.1. The first-order valence-electron chi connectivity index (χ1n) is 14.5. The van der Waals surface area contributed by atoms with Crippen LogP contribution in [0.2, 0.25) is 5.04 Å². The van der Waals surface area contributed by atoms with Crippen molar-refractivity contribution < 1.29 is 13.6 Å². The van der Waals surface area contributed by atoms with E-state index in [1.807, 2.05) is 36.4 Å². The summed E-state index contributed by atoms with van der Waals surface area (Å²) in [6, 6.07) is 30.0. The first-order chi connectivity index (χ1) is 19.4. The third-order valence-electron chi connectivity index (χ3n) is 7.40. The lowest BCUT2D eigenvalue weighted by Crippen LogP contribution is -2.68. The zero-order valence-corrected chi connectivity index (χ0v) is 25.3. The van der Waals surface area contributed by atoms with Gasteiger partial charge in [0.2, 0.25) is 0 Å². The van der Waals surface area contributed by atoms with Crippen molar-refractivity contribution in [2.45, 2.75) is 71.3 Å². The summed E-state index contributed by atoms with van der Waals surface area (Å²) in [6.07, 6.45) is 8.69. The molecule has 0 atom stereocenters. The maximum absolute atomic E-state index is 15.6. The Morgan fingerprint density at radius 1 is 0.750 bits per heavy atom. The summed E-state index contributed by atoms with van der Waals surface area (Å²) < 4.78 is 28.6. The highest BCUT2D eigenvalue weighted by atomic mass is 28.4. The molecule has 3 aromatic carbocycles. The van der Waals surface area contributed by atoms with Crippen LogP contribution >= 0.6 is 0 Å². The molecule has 1 aromatic heterocycles. The number of para-hydroxylation sites is 1. The largest absolute Gasteiger partial charge is 0.534 e. The molecule has 0 fully saturated rings. The second-order valence-corrected chi connectivity index (χ2v) is 15.6. The molecule has 4 rings (SSSR count). The summed E-state index contributed by atoms with van der Waals surface area (Å²) in [5, 5.41) is 2.11. The summed E-state index contributed by atoms with van der Waals surface area (Å²) in [4.78, 5) is 4.52. The molecule has 0 aliphatic rings. The summed E-state index contributed by atoms with van der Waals surface area (Å²) in [5.41, 5.74) is 0.899. The van der Waals surface area contributed by atoms with Crippen LogP contribution in [0.5, 0.6) is 11.5 Å². The lowest BCUT2D eigenvalue weighted by Gasteiger charge is -2.43. The minimum atomic E-state index is -2.89. The van der Waals surface area contributed by atoms with Gasteiger partial charge in [-0.3, -0.25) is 0 Å². The van der Waals surface area contributed by atoms with Crippen molar-refractivity contribution in [1.29, 1.82) is 0 Å². The van der Waals surface area contributed by atoms with Crippen molar-refractivity contribution >= 4 is 18.7 Å². The third-order valence-corrected chi connectivity index (χ3v) is 12.3. The Labute approximate surface area is 240 Å². The van der Waals surface area contributed by atoms with Crippen molar-refractivity contribution in [3.63, 3.8) is 0 Å². The molecule has 0 bridgehead atoms. The van der Waals surface area contributed by atoms with Crippen LogP contribution in [0.4, 0.5) is 4.39 Å². The third kappa shape index (κ3) is 6.82. The van der Waals surface area contributed by atoms with E-state index in [1.54, 1.807) is 6.20 Å². The first kappa shape index (κ1) is 29.5. The van der Waals surface area contributed by atoms with Crippen LogP contribution in [0.15, 0.2) is 97.2 Å². The van der Waals surface area contributed by atoms with Gasteiger partial charge in [0.25, 0.3) is 0 Å². The molecule has 0 spiro atoms. The quantitative estimate of drug-likeness (QED) is 0.122. The van der Waals surface area contributed by atoms with Gasteiger partial charge in [-0.2, -0.15) is 0 Å². The minimum Gasteiger partial charge on any atom is -0.534 e. The van der Waals surface area contributed by atoms with Crippen molar-refractivity contribution in [1.82, 2.24) is 4.98 Å². The van der Waals surface area contributed by atoms with Crippen LogP contribution in [-0.4, -0.2) is 19.9 Å². The molecule has 40 heavy (non-hydrogen) atoms. The number of pyridine rings is 1. The number of ether oxygens (including phenoxy) is 1. The molecule has 0 unspecified atom stereocenters. The number of hydrogen-bond acceptors (Lipinski definition) is 3. The fourth-order valence-corrected chi connectivity index (χ4v) is 9.77. The van der Waals surface area contributed by atoms with E-state index in [4.69, 9.17) is 9.16 Å². The van der Waals surface area contributed by atoms with Gasteiger partial charge in [-0.25, -0.2) is 9.37 Å². The lowest BCUT2D eigenvalue weighted by molar-refractivity contribution is 0.301. The van der Waals surface area contributed by atoms with Crippen LogP contribution < -0.4 is 19.5 Å². The molecule has 3 nitrogen and oxygen atoms in total. The second kappa shape index (κ2) is 13.8. The summed E-state index contributed by atoms with van der Waals surface area (Å²) >= 11 is 0. The molecule has 0 N–H and O–H groups in total. The van der Waals surface area contributed by atoms with Gasteiger partial charge in [-0.15, -0.1) is 0 Å². The standard InChI is InChI=1S/C35H42FNO2Si/c1-5-6-7-8-9-18-25-38-28-26-32(36)34(37-27-28)31-23-16-17-24-33(31)39-40(35(2,3)4,29-19-12-10-13-20-29)30-21-14-11-15-22-30/h10-17,19-24,26-27H,5-9,18,25H2,1-4H3. The predicted octanol–water partition coefficient (Wildman–Crippen LogP) is 8.57. The minimum absolute atomic E-state index is 0.219. The molecule has 0 aliphatic heterocycles. The number of halogens is 1. The summed E-state index contributed by atoms with van der Waals surface area (Å²) in [7, 11) is -2.89. The van der Waals surface area contributed by atoms with Crippen LogP contribution in [0.1, 0.15) is 66.2 Å². The normalized spacial score (nSPS) is 11.8. The van der Waals surface area contributed by atoms with Gasteiger partial charge < -0.3 is 9.16 Å². The average Bonchev–Trinajstić information content (AvgIpc) is 2.96. The topological polar surface area (TPSA) is 31.4 Å². The Balaban J connectivity index is 1.65. The van der Waals surface area contributed by atoms with Crippen molar-refractivity contribution in [3.8, 4) is 22.8 Å². The molecule has 0 saturated carbocycles. The Kier molecular flexibility index (Phi) is 10.2. The van der Waals surface area contributed by atoms with Gasteiger partial charge in [0.05, 0.1) is 12.8 Å². The van der Waals surface area contributed by atoms with Crippen LogP contribution in [0.25, 0.3) is 11.3 Å². The molecule has 0 amide bonds. The van der Waals surface area contributed by atoms with Gasteiger partial charge in [-0.05, 0) is 34.0 Å². The van der Waals surface area contributed by atoms with Crippen LogP contribution in [0.3, 0.4) is 0 Å². The van der Waals surface area contributed by atoms with Crippen molar-refractivity contribution in [2.75, 3.05) is 6.61 Å². The van der Waals surface area contributed by atoms with E-state index in [0.717, 1.165) is 23.2 Å². The van der Waals surface area contributed by atoms with Gasteiger partial charge >= 0.3 is 8.32 Å². The maximum Gasteiger partial charge on any atom is 0.319 e. The number of rotatable bonds is 13. The summed E-state index contributed by atoms with van der Waals surface area (Å²) in [5.74, 6) is 0.670. The molecule has 1 heterocycles. The van der Waals surface area contributed by atoms with E-state index in [0.29, 0.717) is 23.7 Å². The number of unbranched alkanes of at least 4 members (excludes halogenated alkanes) is 5. The van der Waals surface area contributed by atoms with Crippen LogP contribution in [-0.2, 0) is 0 Å². The van der Waals surface area contributed by atoms with E-state index in [-0.39, 0.29) is 10.7 Å². The fourth-order valence-electron chi connectivity index (χ4n) is 5.34. The Morgan fingerprint density at radius 2 is 1.32 bits per heavy atom. The smallest absolute Gasteiger partial charge is 0.319 e. The Hall–Kier alpha value is -3.44. The molecular weight excluding hydrogens is 513 g/mol. The first-order valence-corrected chi connectivity index (χ1v) is 16.5.